The van der Waals surface area contributed by atoms with Gasteiger partial charge < -0.3 is 16.0 Å². The van der Waals surface area contributed by atoms with Crippen molar-refractivity contribution in [2.45, 2.75) is 0 Å². The van der Waals surface area contributed by atoms with E-state index < -0.39 is 0 Å². The molecule has 0 atom stereocenters. The zero-order valence-electron chi connectivity index (χ0n) is 19.0. The van der Waals surface area contributed by atoms with E-state index in [-0.39, 0.29) is 17.8 Å². The van der Waals surface area contributed by atoms with E-state index in [2.05, 4.69) is 270 Å². The second-order valence-electron chi connectivity index (χ2n) is 7.52. The maximum absolute atomic E-state index is 4.69. The lowest BCUT2D eigenvalue weighted by molar-refractivity contribution is 1.06. The van der Waals surface area contributed by atoms with Gasteiger partial charge in [-0.25, -0.2) is 0 Å². The molecular formula is C21H3Br15N6. The summed E-state index contributed by atoms with van der Waals surface area (Å²) in [6, 6.07) is 0. The molecule has 4 rings (SSSR count). The van der Waals surface area contributed by atoms with Crippen molar-refractivity contribution in [1.29, 1.82) is 0 Å². The van der Waals surface area contributed by atoms with Crippen molar-refractivity contribution in [2.24, 2.45) is 0 Å². The van der Waals surface area contributed by atoms with Gasteiger partial charge in [0.2, 0.25) is 17.8 Å². The highest BCUT2D eigenvalue weighted by atomic mass is 79.9. The van der Waals surface area contributed by atoms with Crippen molar-refractivity contribution < 1.29 is 0 Å². The minimum Gasteiger partial charge on any atom is -0.322 e. The van der Waals surface area contributed by atoms with E-state index in [1.165, 1.54) is 0 Å². The van der Waals surface area contributed by atoms with Crippen LogP contribution in [0.15, 0.2) is 67.1 Å². The summed E-state index contributed by atoms with van der Waals surface area (Å²) in [6.07, 6.45) is 0. The van der Waals surface area contributed by atoms with E-state index in [9.17, 15) is 0 Å². The Labute approximate surface area is 365 Å². The maximum atomic E-state index is 4.69. The Balaban J connectivity index is 1.90. The third-order valence-corrected chi connectivity index (χ3v) is 23.3. The molecule has 0 radical (unpaired) electrons. The molecule has 0 amide bonds. The SMILES string of the molecule is Brc1c(Br)c(Br)c(Nc2nc(Nc3c(Br)c(Br)c(Br)c(Br)c3Br)nc(Nc3c(Br)c(Br)c(Br)c(Br)c3Br)n2)c(Br)c1Br. The van der Waals surface area contributed by atoms with E-state index in [1.807, 2.05) is 0 Å². The summed E-state index contributed by atoms with van der Waals surface area (Å²) in [5.74, 6) is 0.757. The second kappa shape index (κ2) is 15.9. The Hall–Kier alpha value is 3.27. The normalized spacial score (nSPS) is 11.2. The second-order valence-corrected chi connectivity index (χ2v) is 19.4. The number of nitrogens with zero attached hydrogens (tertiary/aromatic N) is 3. The number of hydrogen-bond donors (Lipinski definition) is 3. The molecule has 0 aliphatic rings. The highest BCUT2D eigenvalue weighted by Crippen LogP contribution is 2.51. The number of nitrogens with one attached hydrogen (secondary N) is 3. The molecule has 3 aromatic carbocycles. The Morgan fingerprint density at radius 3 is 0.548 bits per heavy atom. The van der Waals surface area contributed by atoms with Gasteiger partial charge in [0.05, 0.1) is 43.9 Å². The first-order valence-corrected chi connectivity index (χ1v) is 22.1. The van der Waals surface area contributed by atoms with Gasteiger partial charge in [-0.05, 0) is 239 Å². The molecule has 21 heteroatoms. The van der Waals surface area contributed by atoms with Crippen molar-refractivity contribution in [2.75, 3.05) is 16.0 Å². The van der Waals surface area contributed by atoms with Gasteiger partial charge >= 0.3 is 0 Å². The summed E-state index contributed by atoms with van der Waals surface area (Å²) >= 11 is 54.3. The fourth-order valence-electron chi connectivity index (χ4n) is 3.02. The minimum atomic E-state index is 0.252. The molecule has 0 aliphatic carbocycles. The third-order valence-electron chi connectivity index (χ3n) is 4.98. The summed E-state index contributed by atoms with van der Waals surface area (Å²) in [7, 11) is 0. The number of benzene rings is 3. The molecule has 6 nitrogen and oxygen atoms in total. The molecule has 42 heavy (non-hydrogen) atoms. The zero-order valence-corrected chi connectivity index (χ0v) is 42.8. The number of anilines is 6. The highest BCUT2D eigenvalue weighted by Gasteiger charge is 2.23. The standard InChI is InChI=1S/C21H3Br15N6/c22-1-4(25)10(31)16(11(32)5(1)26)37-19-40-20(38-17-12(33)6(27)2(23)7(28)13(17)34)42-21(41-19)39-18-14(35)8(29)3(24)9(30)15(18)36/h(H3,37,38,39,40,41,42). The topological polar surface area (TPSA) is 74.8 Å². The largest absolute Gasteiger partial charge is 0.322 e. The van der Waals surface area contributed by atoms with E-state index in [0.717, 1.165) is 67.1 Å². The molecular weight excluding hydrogens is 1530 g/mol. The lowest BCUT2D eigenvalue weighted by Gasteiger charge is -2.18. The summed E-state index contributed by atoms with van der Waals surface area (Å²) in [4.78, 5) is 14.1. The van der Waals surface area contributed by atoms with E-state index >= 15 is 0 Å². The van der Waals surface area contributed by atoms with Crippen LogP contribution in [0.1, 0.15) is 0 Å². The number of hydrogen-bond acceptors (Lipinski definition) is 6. The minimum absolute atomic E-state index is 0.252. The van der Waals surface area contributed by atoms with Crippen LogP contribution in [0.4, 0.5) is 34.9 Å². The average Bonchev–Trinajstić information content (AvgIpc) is 2.97. The fourth-order valence-corrected chi connectivity index (χ4v) is 12.8. The molecule has 0 fully saturated rings. The Bertz CT molecular complexity index is 1480. The Kier molecular flexibility index (Phi) is 14.4. The van der Waals surface area contributed by atoms with Crippen LogP contribution >= 0.6 is 239 Å². The van der Waals surface area contributed by atoms with E-state index in [0.29, 0.717) is 17.1 Å². The number of halogens is 15. The lowest BCUT2D eigenvalue weighted by atomic mass is 10.3. The molecule has 222 valence electrons. The van der Waals surface area contributed by atoms with Gasteiger partial charge in [0.1, 0.15) is 0 Å². The van der Waals surface area contributed by atoms with Crippen LogP contribution in [0, 0.1) is 0 Å². The maximum Gasteiger partial charge on any atom is 0.233 e. The zero-order chi connectivity index (χ0) is 31.4. The molecule has 3 N–H and O–H groups in total. The van der Waals surface area contributed by atoms with Gasteiger partial charge in [-0.2, -0.15) is 15.0 Å². The predicted molar refractivity (Wildman–Crippen MR) is 225 cm³/mol. The van der Waals surface area contributed by atoms with Crippen molar-refractivity contribution in [3.63, 3.8) is 0 Å². The third kappa shape index (κ3) is 7.85. The van der Waals surface area contributed by atoms with E-state index in [4.69, 9.17) is 0 Å². The number of aromatic nitrogens is 3. The van der Waals surface area contributed by atoms with Gasteiger partial charge in [-0.3, -0.25) is 0 Å². The molecule has 0 unspecified atom stereocenters. The van der Waals surface area contributed by atoms with Crippen LogP contribution in [-0.2, 0) is 0 Å². The van der Waals surface area contributed by atoms with Crippen molar-refractivity contribution in [3.8, 4) is 0 Å². The smallest absolute Gasteiger partial charge is 0.233 e. The average molecular weight is 1540 g/mol. The van der Waals surface area contributed by atoms with Crippen LogP contribution in [0.25, 0.3) is 0 Å². The quantitative estimate of drug-likeness (QED) is 0.132. The summed E-state index contributed by atoms with van der Waals surface area (Å²) in [6.45, 7) is 0. The van der Waals surface area contributed by atoms with Crippen LogP contribution in [-0.4, -0.2) is 15.0 Å². The van der Waals surface area contributed by atoms with Gasteiger partial charge in [-0.15, -0.1) is 0 Å². The van der Waals surface area contributed by atoms with Crippen molar-refractivity contribution in [3.05, 3.63) is 67.1 Å². The van der Waals surface area contributed by atoms with Gasteiger partial charge in [0.15, 0.2) is 0 Å². The molecule has 0 spiro atoms. The molecule has 1 heterocycles. The van der Waals surface area contributed by atoms with Crippen LogP contribution < -0.4 is 16.0 Å². The molecule has 0 saturated heterocycles. The van der Waals surface area contributed by atoms with Crippen LogP contribution in [0.2, 0.25) is 0 Å². The van der Waals surface area contributed by atoms with Gasteiger partial charge in [0, 0.05) is 40.3 Å². The first kappa shape index (κ1) is 38.1. The predicted octanol–water partition coefficient (Wildman–Crippen LogP) is 16.5. The summed E-state index contributed by atoms with van der Waals surface area (Å²) in [5, 5.41) is 9.92. The summed E-state index contributed by atoms with van der Waals surface area (Å²) in [5.41, 5.74) is 2.02. The molecule has 0 saturated carbocycles. The molecule has 1 aromatic heterocycles. The number of rotatable bonds is 6. The van der Waals surface area contributed by atoms with Crippen LogP contribution in [0.3, 0.4) is 0 Å². The lowest BCUT2D eigenvalue weighted by Crippen LogP contribution is -2.09. The fraction of sp³-hybridized carbons (Fsp3) is 0. The van der Waals surface area contributed by atoms with Gasteiger partial charge in [-0.1, -0.05) is 0 Å². The van der Waals surface area contributed by atoms with Crippen molar-refractivity contribution in [1.82, 2.24) is 15.0 Å². The van der Waals surface area contributed by atoms with Crippen LogP contribution in [0.5, 0.6) is 0 Å². The first-order chi connectivity index (χ1) is 19.6. The Morgan fingerprint density at radius 2 is 0.381 bits per heavy atom. The molecule has 0 bridgehead atoms. The molecule has 0 aliphatic heterocycles. The molecule has 4 aromatic rings. The Morgan fingerprint density at radius 1 is 0.238 bits per heavy atom. The monoisotopic (exact) mass is 1520 g/mol. The summed E-state index contributed by atoms with van der Waals surface area (Å²) < 4.78 is 11.7. The van der Waals surface area contributed by atoms with E-state index in [1.54, 1.807) is 0 Å². The van der Waals surface area contributed by atoms with Gasteiger partial charge in [0.25, 0.3) is 0 Å². The highest BCUT2D eigenvalue weighted by molar-refractivity contribution is 9.17. The first-order valence-electron chi connectivity index (χ1n) is 10.2. The van der Waals surface area contributed by atoms with Crippen molar-refractivity contribution >= 4 is 274 Å².